The van der Waals surface area contributed by atoms with Crippen LogP contribution in [0.2, 0.25) is 0 Å². The molecule has 0 aliphatic carbocycles. The molecule has 0 bridgehead atoms. The van der Waals surface area contributed by atoms with Crippen molar-refractivity contribution in [1.29, 1.82) is 0 Å². The minimum absolute atomic E-state index is 0.0891. The van der Waals surface area contributed by atoms with E-state index in [9.17, 15) is 5.11 Å². The Hall–Kier alpha value is -1.97. The fraction of sp³-hybridized carbons (Fsp3) is 0. The van der Waals surface area contributed by atoms with Crippen molar-refractivity contribution in [2.24, 2.45) is 0 Å². The first-order valence-electron chi connectivity index (χ1n) is 3.84. The summed E-state index contributed by atoms with van der Waals surface area (Å²) in [5, 5.41) is 9.34. The van der Waals surface area contributed by atoms with Gasteiger partial charge in [0.15, 0.2) is 0 Å². The third-order valence-electron chi connectivity index (χ3n) is 1.82. The third kappa shape index (κ3) is 1.33. The molecule has 0 aliphatic rings. The van der Waals surface area contributed by atoms with E-state index in [0.29, 0.717) is 5.69 Å². The first kappa shape index (κ1) is 7.67. The van der Waals surface area contributed by atoms with Gasteiger partial charge in [-0.2, -0.15) is 0 Å². The van der Waals surface area contributed by atoms with Crippen molar-refractivity contribution < 1.29 is 5.11 Å². The van der Waals surface area contributed by atoms with Crippen molar-refractivity contribution in [2.75, 3.05) is 5.73 Å². The van der Waals surface area contributed by atoms with Crippen LogP contribution in [0.5, 0.6) is 5.75 Å². The number of nitrogen functional groups attached to an aromatic ring is 1. The molecule has 1 aromatic heterocycles. The van der Waals surface area contributed by atoms with E-state index in [1.807, 2.05) is 6.07 Å². The Balaban J connectivity index is 2.49. The van der Waals surface area contributed by atoms with E-state index in [1.54, 1.807) is 35.4 Å². The van der Waals surface area contributed by atoms with Crippen LogP contribution in [0.25, 0.3) is 5.69 Å². The molecule has 0 saturated carbocycles. The summed E-state index contributed by atoms with van der Waals surface area (Å²) in [6.07, 6.45) is 5.13. The number of rotatable bonds is 1. The maximum absolute atomic E-state index is 9.34. The molecule has 0 atom stereocenters. The first-order chi connectivity index (χ1) is 6.27. The molecule has 1 heterocycles. The maximum Gasteiger partial charge on any atom is 0.140 e. The van der Waals surface area contributed by atoms with E-state index in [-0.39, 0.29) is 5.75 Å². The molecule has 1 aromatic carbocycles. The number of nitrogens with zero attached hydrogens (tertiary/aromatic N) is 2. The summed E-state index contributed by atoms with van der Waals surface area (Å²) < 4.78 is 1.79. The lowest BCUT2D eigenvalue weighted by Gasteiger charge is -2.03. The molecule has 0 spiro atoms. The van der Waals surface area contributed by atoms with Gasteiger partial charge in [-0.15, -0.1) is 0 Å². The van der Waals surface area contributed by atoms with Crippen molar-refractivity contribution in [3.63, 3.8) is 0 Å². The van der Waals surface area contributed by atoms with Crippen molar-refractivity contribution in [3.05, 3.63) is 36.9 Å². The van der Waals surface area contributed by atoms with Crippen molar-refractivity contribution in [1.82, 2.24) is 9.55 Å². The topological polar surface area (TPSA) is 64.1 Å². The molecule has 0 unspecified atom stereocenters. The standard InChI is InChI=1S/C9H9N3O/c10-8-2-1-7(5-9(8)13)12-4-3-11-6-12/h1-6,13H,10H2. The van der Waals surface area contributed by atoms with E-state index in [4.69, 9.17) is 5.73 Å². The zero-order valence-electron chi connectivity index (χ0n) is 6.88. The number of hydrogen-bond acceptors (Lipinski definition) is 3. The summed E-state index contributed by atoms with van der Waals surface area (Å²) in [6, 6.07) is 5.07. The van der Waals surface area contributed by atoms with E-state index in [0.717, 1.165) is 5.69 Å². The van der Waals surface area contributed by atoms with Crippen LogP contribution in [0.3, 0.4) is 0 Å². The highest BCUT2D eigenvalue weighted by atomic mass is 16.3. The van der Waals surface area contributed by atoms with Crippen molar-refractivity contribution in [3.8, 4) is 11.4 Å². The highest BCUT2D eigenvalue weighted by Crippen LogP contribution is 2.22. The average Bonchev–Trinajstić information content (AvgIpc) is 2.62. The van der Waals surface area contributed by atoms with Gasteiger partial charge < -0.3 is 15.4 Å². The van der Waals surface area contributed by atoms with Gasteiger partial charge in [-0.25, -0.2) is 4.98 Å². The Bertz CT molecular complexity index is 409. The number of nitrogens with two attached hydrogens (primary N) is 1. The number of imidazole rings is 1. The molecular formula is C9H9N3O. The summed E-state index contributed by atoms with van der Waals surface area (Å²) in [4.78, 5) is 3.90. The molecule has 2 aromatic rings. The highest BCUT2D eigenvalue weighted by molar-refractivity contribution is 5.56. The van der Waals surface area contributed by atoms with Crippen molar-refractivity contribution in [2.45, 2.75) is 0 Å². The van der Waals surface area contributed by atoms with Crippen LogP contribution in [0.1, 0.15) is 0 Å². The summed E-state index contributed by atoms with van der Waals surface area (Å²) in [5.41, 5.74) is 6.68. The normalized spacial score (nSPS) is 10.2. The van der Waals surface area contributed by atoms with Crippen LogP contribution in [0.15, 0.2) is 36.9 Å². The number of anilines is 1. The summed E-state index contributed by atoms with van der Waals surface area (Å²) in [5.74, 6) is 0.0891. The second-order valence-electron chi connectivity index (χ2n) is 2.71. The Morgan fingerprint density at radius 3 is 2.85 bits per heavy atom. The van der Waals surface area contributed by atoms with Gasteiger partial charge >= 0.3 is 0 Å². The molecule has 0 aliphatic heterocycles. The quantitative estimate of drug-likeness (QED) is 0.505. The second-order valence-corrected chi connectivity index (χ2v) is 2.71. The highest BCUT2D eigenvalue weighted by Gasteiger charge is 1.99. The van der Waals surface area contributed by atoms with Crippen LogP contribution < -0.4 is 5.73 Å². The minimum atomic E-state index is 0.0891. The molecule has 4 heteroatoms. The van der Waals surface area contributed by atoms with Gasteiger partial charge in [0, 0.05) is 18.5 Å². The lowest BCUT2D eigenvalue weighted by molar-refractivity contribution is 0.477. The number of phenolic OH excluding ortho intramolecular Hbond substituents is 1. The summed E-state index contributed by atoms with van der Waals surface area (Å²) in [6.45, 7) is 0. The lowest BCUT2D eigenvalue weighted by Crippen LogP contribution is -1.91. The Morgan fingerprint density at radius 1 is 1.38 bits per heavy atom. The number of benzene rings is 1. The van der Waals surface area contributed by atoms with Crippen LogP contribution >= 0.6 is 0 Å². The fourth-order valence-corrected chi connectivity index (χ4v) is 1.10. The van der Waals surface area contributed by atoms with E-state index in [2.05, 4.69) is 4.98 Å². The predicted molar refractivity (Wildman–Crippen MR) is 49.6 cm³/mol. The minimum Gasteiger partial charge on any atom is -0.506 e. The van der Waals surface area contributed by atoms with Gasteiger partial charge in [-0.3, -0.25) is 0 Å². The molecule has 66 valence electrons. The van der Waals surface area contributed by atoms with Gasteiger partial charge in [-0.05, 0) is 12.1 Å². The predicted octanol–water partition coefficient (Wildman–Crippen LogP) is 1.16. The van der Waals surface area contributed by atoms with Gasteiger partial charge in [-0.1, -0.05) is 0 Å². The smallest absolute Gasteiger partial charge is 0.140 e. The Kier molecular flexibility index (Phi) is 1.66. The number of aromatic nitrogens is 2. The zero-order chi connectivity index (χ0) is 9.26. The second kappa shape index (κ2) is 2.82. The largest absolute Gasteiger partial charge is 0.506 e. The van der Waals surface area contributed by atoms with Gasteiger partial charge in [0.05, 0.1) is 17.7 Å². The van der Waals surface area contributed by atoms with E-state index in [1.165, 1.54) is 0 Å². The molecular weight excluding hydrogens is 166 g/mol. The van der Waals surface area contributed by atoms with Gasteiger partial charge in [0.1, 0.15) is 5.75 Å². The van der Waals surface area contributed by atoms with Gasteiger partial charge in [0.2, 0.25) is 0 Å². The number of phenols is 1. The lowest BCUT2D eigenvalue weighted by atomic mass is 10.2. The monoisotopic (exact) mass is 175 g/mol. The molecule has 2 rings (SSSR count). The maximum atomic E-state index is 9.34. The molecule has 0 fully saturated rings. The first-order valence-corrected chi connectivity index (χ1v) is 3.84. The van der Waals surface area contributed by atoms with Crippen LogP contribution in [-0.2, 0) is 0 Å². The van der Waals surface area contributed by atoms with Crippen molar-refractivity contribution >= 4 is 5.69 Å². The van der Waals surface area contributed by atoms with Crippen LogP contribution in [0.4, 0.5) is 5.69 Å². The van der Waals surface area contributed by atoms with Gasteiger partial charge in [0.25, 0.3) is 0 Å². The molecule has 4 nitrogen and oxygen atoms in total. The summed E-state index contributed by atoms with van der Waals surface area (Å²) in [7, 11) is 0. The Morgan fingerprint density at radius 2 is 2.23 bits per heavy atom. The number of hydrogen-bond donors (Lipinski definition) is 2. The summed E-state index contributed by atoms with van der Waals surface area (Å²) >= 11 is 0. The zero-order valence-corrected chi connectivity index (χ0v) is 6.88. The molecule has 0 amide bonds. The molecule has 13 heavy (non-hydrogen) atoms. The molecule has 3 N–H and O–H groups in total. The molecule has 0 saturated heterocycles. The average molecular weight is 175 g/mol. The third-order valence-corrected chi connectivity index (χ3v) is 1.82. The molecule has 0 radical (unpaired) electrons. The van der Waals surface area contributed by atoms with Crippen LogP contribution in [-0.4, -0.2) is 14.7 Å². The Labute approximate surface area is 75.3 Å². The number of aromatic hydroxyl groups is 1. The fourth-order valence-electron chi connectivity index (χ4n) is 1.10. The van der Waals surface area contributed by atoms with Crippen LogP contribution in [0, 0.1) is 0 Å². The SMILES string of the molecule is Nc1ccc(-n2ccnc2)cc1O. The van der Waals surface area contributed by atoms with E-state index < -0.39 is 0 Å². The van der Waals surface area contributed by atoms with E-state index >= 15 is 0 Å².